The average molecular weight is 479 g/mol. The monoisotopic (exact) mass is 478 g/mol. The second kappa shape index (κ2) is 9.41. The number of anilines is 1. The molecular weight excluding hydrogens is 448 g/mol. The minimum Gasteiger partial charge on any atom is -0.381 e. The molecule has 1 saturated carbocycles. The van der Waals surface area contributed by atoms with Crippen molar-refractivity contribution in [1.82, 2.24) is 15.1 Å². The molecule has 34 heavy (non-hydrogen) atoms. The van der Waals surface area contributed by atoms with Gasteiger partial charge in [0.05, 0.1) is 5.69 Å². The smallest absolute Gasteiger partial charge is 0.381 e. The Balaban J connectivity index is 1.26. The lowest BCUT2D eigenvalue weighted by Crippen LogP contribution is -2.32. The first-order chi connectivity index (χ1) is 16.3. The fourth-order valence-electron chi connectivity index (χ4n) is 5.83. The summed E-state index contributed by atoms with van der Waals surface area (Å²) >= 11 is 0. The van der Waals surface area contributed by atoms with Crippen LogP contribution in [0.3, 0.4) is 0 Å². The Morgan fingerprint density at radius 2 is 1.76 bits per heavy atom. The van der Waals surface area contributed by atoms with Crippen LogP contribution in [-0.4, -0.2) is 54.0 Å². The van der Waals surface area contributed by atoms with E-state index in [1.165, 1.54) is 12.1 Å². The third-order valence-corrected chi connectivity index (χ3v) is 7.52. The number of rotatable bonds is 5. The standard InChI is InChI=1S/C25H30F4N4O/c1-15-2-3-20(22(26)8-15)23-11-21(25(27,28)29)24(32-31-23)30-19-9-17-13-33(14-18(17)10-19)12-16-4-6-34-7-5-16/h2-3,8,11,16-19H,4-7,9-10,12-14H2,1H3,(H,30,32). The Bertz CT molecular complexity index is 1010. The van der Waals surface area contributed by atoms with Crippen molar-refractivity contribution < 1.29 is 22.3 Å². The highest BCUT2D eigenvalue weighted by Crippen LogP contribution is 2.42. The summed E-state index contributed by atoms with van der Waals surface area (Å²) in [6, 6.07) is 5.18. The van der Waals surface area contributed by atoms with Gasteiger partial charge in [-0.15, -0.1) is 10.2 Å². The van der Waals surface area contributed by atoms with Crippen LogP contribution in [0.4, 0.5) is 23.4 Å². The molecular formula is C25H30F4N4O. The molecule has 1 aliphatic carbocycles. The normalized spacial score (nSPS) is 26.1. The van der Waals surface area contributed by atoms with Crippen LogP contribution in [0.1, 0.15) is 36.8 Å². The molecule has 2 atom stereocenters. The van der Waals surface area contributed by atoms with E-state index in [0.717, 1.165) is 64.6 Å². The summed E-state index contributed by atoms with van der Waals surface area (Å²) in [4.78, 5) is 2.52. The number of nitrogens with zero attached hydrogens (tertiary/aromatic N) is 3. The number of benzene rings is 1. The maximum absolute atomic E-state index is 14.3. The Labute approximate surface area is 196 Å². The van der Waals surface area contributed by atoms with Crippen LogP contribution in [0.2, 0.25) is 0 Å². The molecule has 2 unspecified atom stereocenters. The van der Waals surface area contributed by atoms with Crippen molar-refractivity contribution in [2.75, 3.05) is 38.2 Å². The first-order valence-corrected chi connectivity index (χ1v) is 12.0. The number of likely N-dealkylation sites (tertiary alicyclic amines) is 1. The van der Waals surface area contributed by atoms with Crippen molar-refractivity contribution in [3.05, 3.63) is 41.2 Å². The number of fused-ring (bicyclic) bond motifs is 1. The molecule has 0 amide bonds. The summed E-state index contributed by atoms with van der Waals surface area (Å²) in [6.07, 6.45) is -0.761. The summed E-state index contributed by atoms with van der Waals surface area (Å²) in [6.45, 7) is 6.50. The Hall–Kier alpha value is -2.26. The van der Waals surface area contributed by atoms with E-state index in [2.05, 4.69) is 20.4 Å². The van der Waals surface area contributed by atoms with Crippen LogP contribution in [-0.2, 0) is 10.9 Å². The van der Waals surface area contributed by atoms with E-state index in [-0.39, 0.29) is 23.1 Å². The van der Waals surface area contributed by atoms with Crippen molar-refractivity contribution in [1.29, 1.82) is 0 Å². The maximum atomic E-state index is 14.3. The van der Waals surface area contributed by atoms with Gasteiger partial charge in [-0.05, 0) is 74.1 Å². The molecule has 3 aliphatic rings. The summed E-state index contributed by atoms with van der Waals surface area (Å²) < 4.78 is 61.4. The highest BCUT2D eigenvalue weighted by Gasteiger charge is 2.43. The Morgan fingerprint density at radius 3 is 2.41 bits per heavy atom. The minimum atomic E-state index is -4.62. The van der Waals surface area contributed by atoms with Gasteiger partial charge in [0, 0.05) is 44.5 Å². The number of hydrogen-bond acceptors (Lipinski definition) is 5. The van der Waals surface area contributed by atoms with Crippen molar-refractivity contribution in [2.24, 2.45) is 17.8 Å². The van der Waals surface area contributed by atoms with Gasteiger partial charge in [0.1, 0.15) is 11.4 Å². The molecule has 2 saturated heterocycles. The van der Waals surface area contributed by atoms with E-state index >= 15 is 0 Å². The molecule has 1 aromatic heterocycles. The highest BCUT2D eigenvalue weighted by molar-refractivity contribution is 5.63. The number of aryl methyl sites for hydroxylation is 1. The number of hydrogen-bond donors (Lipinski definition) is 1. The molecule has 0 bridgehead atoms. The lowest BCUT2D eigenvalue weighted by Gasteiger charge is -2.28. The first-order valence-electron chi connectivity index (χ1n) is 12.0. The molecule has 2 aromatic rings. The predicted molar refractivity (Wildman–Crippen MR) is 121 cm³/mol. The summed E-state index contributed by atoms with van der Waals surface area (Å²) in [5.41, 5.74) is -0.338. The van der Waals surface area contributed by atoms with Gasteiger partial charge < -0.3 is 15.0 Å². The Morgan fingerprint density at radius 1 is 1.06 bits per heavy atom. The second-order valence-corrected chi connectivity index (χ2v) is 10.1. The van der Waals surface area contributed by atoms with Crippen LogP contribution < -0.4 is 5.32 Å². The molecule has 2 aliphatic heterocycles. The highest BCUT2D eigenvalue weighted by atomic mass is 19.4. The van der Waals surface area contributed by atoms with Gasteiger partial charge in [0.25, 0.3) is 0 Å². The number of nitrogens with one attached hydrogen (secondary N) is 1. The summed E-state index contributed by atoms with van der Waals surface area (Å²) in [5, 5.41) is 10.8. The molecule has 1 N–H and O–H groups in total. The van der Waals surface area contributed by atoms with Gasteiger partial charge in [-0.2, -0.15) is 13.2 Å². The predicted octanol–water partition coefficient (Wildman–Crippen LogP) is 5.16. The fraction of sp³-hybridized carbons (Fsp3) is 0.600. The van der Waals surface area contributed by atoms with E-state index in [0.29, 0.717) is 23.3 Å². The molecule has 184 valence electrons. The molecule has 0 radical (unpaired) electrons. The quantitative estimate of drug-likeness (QED) is 0.602. The second-order valence-electron chi connectivity index (χ2n) is 10.1. The van der Waals surface area contributed by atoms with Gasteiger partial charge >= 0.3 is 6.18 Å². The lowest BCUT2D eigenvalue weighted by atomic mass is 10.00. The zero-order valence-electron chi connectivity index (χ0n) is 19.2. The largest absolute Gasteiger partial charge is 0.420 e. The minimum absolute atomic E-state index is 0.00941. The summed E-state index contributed by atoms with van der Waals surface area (Å²) in [7, 11) is 0. The van der Waals surface area contributed by atoms with Gasteiger partial charge in [-0.3, -0.25) is 0 Å². The lowest BCUT2D eigenvalue weighted by molar-refractivity contribution is -0.137. The Kier molecular flexibility index (Phi) is 6.50. The molecule has 5 rings (SSSR count). The van der Waals surface area contributed by atoms with Gasteiger partial charge in [-0.25, -0.2) is 4.39 Å². The maximum Gasteiger partial charge on any atom is 0.420 e. The van der Waals surface area contributed by atoms with Gasteiger partial charge in [0.15, 0.2) is 5.82 Å². The number of alkyl halides is 3. The zero-order chi connectivity index (χ0) is 23.9. The fourth-order valence-corrected chi connectivity index (χ4v) is 5.83. The molecule has 0 spiro atoms. The molecule has 5 nitrogen and oxygen atoms in total. The summed E-state index contributed by atoms with van der Waals surface area (Å²) in [5.74, 6) is 0.772. The number of ether oxygens (including phenoxy) is 1. The van der Waals surface area contributed by atoms with Crippen LogP contribution in [0.25, 0.3) is 11.3 Å². The molecule has 1 aromatic carbocycles. The zero-order valence-corrected chi connectivity index (χ0v) is 19.2. The third kappa shape index (κ3) is 5.05. The van der Waals surface area contributed by atoms with Crippen molar-refractivity contribution in [2.45, 2.75) is 44.8 Å². The third-order valence-electron chi connectivity index (χ3n) is 7.52. The van der Waals surface area contributed by atoms with Crippen LogP contribution in [0, 0.1) is 30.5 Å². The average Bonchev–Trinajstić information content (AvgIpc) is 3.32. The number of aromatic nitrogens is 2. The van der Waals surface area contributed by atoms with Crippen molar-refractivity contribution >= 4 is 5.82 Å². The van der Waals surface area contributed by atoms with E-state index in [9.17, 15) is 17.6 Å². The topological polar surface area (TPSA) is 50.3 Å². The first kappa shape index (κ1) is 23.5. The van der Waals surface area contributed by atoms with E-state index < -0.39 is 17.6 Å². The van der Waals surface area contributed by atoms with E-state index in [1.54, 1.807) is 13.0 Å². The number of halogens is 4. The molecule has 9 heteroatoms. The van der Waals surface area contributed by atoms with Crippen LogP contribution in [0.15, 0.2) is 24.3 Å². The molecule has 3 heterocycles. The van der Waals surface area contributed by atoms with Gasteiger partial charge in [-0.1, -0.05) is 6.07 Å². The van der Waals surface area contributed by atoms with Gasteiger partial charge in [0.2, 0.25) is 0 Å². The van der Waals surface area contributed by atoms with Crippen LogP contribution >= 0.6 is 0 Å². The SMILES string of the molecule is Cc1ccc(-c2cc(C(F)(F)F)c(NC3CC4CN(CC5CCOCC5)CC4C3)nn2)c(F)c1. The van der Waals surface area contributed by atoms with E-state index in [1.807, 2.05) is 0 Å². The molecule has 3 fully saturated rings. The van der Waals surface area contributed by atoms with E-state index in [4.69, 9.17) is 4.74 Å². The van der Waals surface area contributed by atoms with Crippen molar-refractivity contribution in [3.8, 4) is 11.3 Å². The van der Waals surface area contributed by atoms with Crippen LogP contribution in [0.5, 0.6) is 0 Å². The van der Waals surface area contributed by atoms with Crippen molar-refractivity contribution in [3.63, 3.8) is 0 Å².